The van der Waals surface area contributed by atoms with Gasteiger partial charge in [-0.05, 0) is 37.4 Å². The topological polar surface area (TPSA) is 21.3 Å². The minimum Gasteiger partial charge on any atom is -0.375 e. The predicted octanol–water partition coefficient (Wildman–Crippen LogP) is 2.99. The first-order valence-corrected chi connectivity index (χ1v) is 6.10. The molecular formula is C11H17F2NOS. The van der Waals surface area contributed by atoms with Crippen LogP contribution in [0.5, 0.6) is 0 Å². The van der Waals surface area contributed by atoms with E-state index in [0.29, 0.717) is 13.0 Å². The van der Waals surface area contributed by atoms with Crippen LogP contribution < -0.4 is 5.32 Å². The summed E-state index contributed by atoms with van der Waals surface area (Å²) >= 11 is 1.68. The van der Waals surface area contributed by atoms with Crippen molar-refractivity contribution in [3.8, 4) is 0 Å². The zero-order valence-electron chi connectivity index (χ0n) is 9.50. The van der Waals surface area contributed by atoms with Gasteiger partial charge in [0.15, 0.2) is 0 Å². The molecule has 0 spiro atoms. The molecule has 0 saturated carbocycles. The molecule has 0 amide bonds. The van der Waals surface area contributed by atoms with Crippen molar-refractivity contribution >= 4 is 11.3 Å². The van der Waals surface area contributed by atoms with Gasteiger partial charge in [0.25, 0.3) is 6.43 Å². The highest BCUT2D eigenvalue weighted by Gasteiger charge is 2.13. The molecule has 0 fully saturated rings. The largest absolute Gasteiger partial charge is 0.375 e. The predicted molar refractivity (Wildman–Crippen MR) is 62.3 cm³/mol. The Labute approximate surface area is 98.6 Å². The molecule has 1 rings (SSSR count). The quantitative estimate of drug-likeness (QED) is 0.750. The van der Waals surface area contributed by atoms with Crippen molar-refractivity contribution in [3.05, 3.63) is 21.9 Å². The highest BCUT2D eigenvalue weighted by molar-refractivity contribution is 7.10. The fourth-order valence-electron chi connectivity index (χ4n) is 1.52. The van der Waals surface area contributed by atoms with Crippen molar-refractivity contribution in [3.63, 3.8) is 0 Å². The third kappa shape index (κ3) is 4.15. The fourth-order valence-corrected chi connectivity index (χ4v) is 2.59. The van der Waals surface area contributed by atoms with Crippen LogP contribution in [0.15, 0.2) is 11.4 Å². The maximum Gasteiger partial charge on any atom is 0.261 e. The van der Waals surface area contributed by atoms with Gasteiger partial charge in [-0.1, -0.05) is 0 Å². The van der Waals surface area contributed by atoms with E-state index in [9.17, 15) is 8.78 Å². The molecule has 0 aliphatic carbocycles. The van der Waals surface area contributed by atoms with E-state index in [2.05, 4.69) is 18.3 Å². The minimum absolute atomic E-state index is 0.192. The maximum absolute atomic E-state index is 11.8. The van der Waals surface area contributed by atoms with E-state index in [0.717, 1.165) is 0 Å². The lowest BCUT2D eigenvalue weighted by molar-refractivity contribution is 0.0146. The van der Waals surface area contributed by atoms with Crippen molar-refractivity contribution in [2.24, 2.45) is 0 Å². The monoisotopic (exact) mass is 249 g/mol. The van der Waals surface area contributed by atoms with Gasteiger partial charge in [-0.15, -0.1) is 11.3 Å². The molecule has 16 heavy (non-hydrogen) atoms. The Morgan fingerprint density at radius 3 is 2.75 bits per heavy atom. The molecule has 0 saturated heterocycles. The summed E-state index contributed by atoms with van der Waals surface area (Å²) in [6, 6.07) is 2.25. The molecule has 1 aromatic rings. The normalized spacial score (nSPS) is 13.3. The minimum atomic E-state index is -2.38. The number of rotatable bonds is 7. The molecule has 92 valence electrons. The molecule has 0 bridgehead atoms. The number of nitrogens with one attached hydrogen (secondary N) is 1. The van der Waals surface area contributed by atoms with Gasteiger partial charge in [0.1, 0.15) is 6.61 Å². The number of ether oxygens (including phenoxy) is 1. The van der Waals surface area contributed by atoms with Gasteiger partial charge in [0.05, 0.1) is 0 Å². The summed E-state index contributed by atoms with van der Waals surface area (Å²) in [7, 11) is 1.87. The smallest absolute Gasteiger partial charge is 0.261 e. The summed E-state index contributed by atoms with van der Waals surface area (Å²) in [6.45, 7) is 1.93. The zero-order valence-corrected chi connectivity index (χ0v) is 10.3. The van der Waals surface area contributed by atoms with Crippen LogP contribution in [0.25, 0.3) is 0 Å². The van der Waals surface area contributed by atoms with Gasteiger partial charge in [-0.3, -0.25) is 0 Å². The molecule has 0 aromatic carbocycles. The molecule has 1 unspecified atom stereocenters. The number of hydrogen-bond acceptors (Lipinski definition) is 3. The lowest BCUT2D eigenvalue weighted by atomic mass is 10.1. The second-order valence-electron chi connectivity index (χ2n) is 3.56. The van der Waals surface area contributed by atoms with E-state index in [-0.39, 0.29) is 6.04 Å². The van der Waals surface area contributed by atoms with E-state index in [1.807, 2.05) is 12.4 Å². The lowest BCUT2D eigenvalue weighted by Crippen LogP contribution is -2.18. The van der Waals surface area contributed by atoms with Crippen molar-refractivity contribution in [1.29, 1.82) is 0 Å². The standard InChI is InChI=1S/C11H17F2NOS/c1-8-4-6-16-11(8)9(14-2)3-5-15-7-10(12)13/h4,6,9-10,14H,3,5,7H2,1-2H3. The van der Waals surface area contributed by atoms with Crippen LogP contribution >= 0.6 is 11.3 Å². The molecule has 0 radical (unpaired) electrons. The van der Waals surface area contributed by atoms with E-state index >= 15 is 0 Å². The van der Waals surface area contributed by atoms with Crippen LogP contribution in [0.3, 0.4) is 0 Å². The summed E-state index contributed by atoms with van der Waals surface area (Å²) in [5, 5.41) is 5.21. The Morgan fingerprint density at radius 1 is 1.50 bits per heavy atom. The van der Waals surface area contributed by atoms with Gasteiger partial charge in [-0.2, -0.15) is 0 Å². The number of aryl methyl sites for hydroxylation is 1. The Hall–Kier alpha value is -0.520. The molecule has 1 atom stereocenters. The lowest BCUT2D eigenvalue weighted by Gasteiger charge is -2.15. The van der Waals surface area contributed by atoms with E-state index < -0.39 is 13.0 Å². The number of hydrogen-bond donors (Lipinski definition) is 1. The van der Waals surface area contributed by atoms with E-state index in [4.69, 9.17) is 4.74 Å². The van der Waals surface area contributed by atoms with E-state index in [1.165, 1.54) is 10.4 Å². The molecule has 5 heteroatoms. The van der Waals surface area contributed by atoms with Gasteiger partial charge in [-0.25, -0.2) is 8.78 Å². The van der Waals surface area contributed by atoms with Crippen LogP contribution in [0.4, 0.5) is 8.78 Å². The first-order valence-electron chi connectivity index (χ1n) is 5.22. The second kappa shape index (κ2) is 6.93. The van der Waals surface area contributed by atoms with Gasteiger partial charge in [0.2, 0.25) is 0 Å². The first kappa shape index (κ1) is 13.5. The van der Waals surface area contributed by atoms with Crippen molar-refractivity contribution in [1.82, 2.24) is 5.32 Å². The summed E-state index contributed by atoms with van der Waals surface area (Å²) in [5.41, 5.74) is 1.23. The molecular weight excluding hydrogens is 232 g/mol. The summed E-state index contributed by atoms with van der Waals surface area (Å²) in [5.74, 6) is 0. The third-order valence-corrected chi connectivity index (χ3v) is 3.49. The van der Waals surface area contributed by atoms with Crippen molar-refractivity contribution < 1.29 is 13.5 Å². The Balaban J connectivity index is 2.36. The second-order valence-corrected chi connectivity index (χ2v) is 4.51. The average Bonchev–Trinajstić information content (AvgIpc) is 2.65. The highest BCUT2D eigenvalue weighted by atomic mass is 32.1. The molecule has 1 heterocycles. The fraction of sp³-hybridized carbons (Fsp3) is 0.636. The van der Waals surface area contributed by atoms with Crippen LogP contribution in [0.2, 0.25) is 0 Å². The number of halogens is 2. The highest BCUT2D eigenvalue weighted by Crippen LogP contribution is 2.25. The average molecular weight is 249 g/mol. The van der Waals surface area contributed by atoms with Crippen LogP contribution in [-0.2, 0) is 4.74 Å². The third-order valence-electron chi connectivity index (χ3n) is 2.36. The summed E-state index contributed by atoms with van der Waals surface area (Å²) in [4.78, 5) is 1.25. The molecule has 0 aliphatic heterocycles. The van der Waals surface area contributed by atoms with Crippen LogP contribution in [0, 0.1) is 6.92 Å². The van der Waals surface area contributed by atoms with Crippen LogP contribution in [-0.4, -0.2) is 26.7 Å². The van der Waals surface area contributed by atoms with E-state index in [1.54, 1.807) is 11.3 Å². The summed E-state index contributed by atoms with van der Waals surface area (Å²) in [6.07, 6.45) is -1.67. The molecule has 1 aromatic heterocycles. The van der Waals surface area contributed by atoms with Crippen molar-refractivity contribution in [2.75, 3.05) is 20.3 Å². The Morgan fingerprint density at radius 2 is 2.25 bits per heavy atom. The Bertz CT molecular complexity index is 304. The first-order chi connectivity index (χ1) is 7.65. The molecule has 0 aliphatic rings. The van der Waals surface area contributed by atoms with Gasteiger partial charge in [0, 0.05) is 17.5 Å². The SMILES string of the molecule is CNC(CCOCC(F)F)c1sccc1C. The maximum atomic E-state index is 11.8. The number of thiophene rings is 1. The summed E-state index contributed by atoms with van der Waals surface area (Å²) < 4.78 is 28.6. The molecule has 1 N–H and O–H groups in total. The molecule has 2 nitrogen and oxygen atoms in total. The van der Waals surface area contributed by atoms with Gasteiger partial charge < -0.3 is 10.1 Å². The van der Waals surface area contributed by atoms with Gasteiger partial charge >= 0.3 is 0 Å². The van der Waals surface area contributed by atoms with Crippen LogP contribution in [0.1, 0.15) is 22.9 Å². The number of alkyl halides is 2. The Kier molecular flexibility index (Phi) is 5.87. The zero-order chi connectivity index (χ0) is 12.0. The van der Waals surface area contributed by atoms with Crippen molar-refractivity contribution in [2.45, 2.75) is 25.8 Å².